The molecule has 0 amide bonds. The zero-order valence-electron chi connectivity index (χ0n) is 11.8. The number of nitrogens with one attached hydrogen (secondary N) is 1. The molecular weight excluding hydrogens is 194 g/mol. The van der Waals surface area contributed by atoms with Crippen molar-refractivity contribution >= 4 is 0 Å². The zero-order chi connectivity index (χ0) is 12.0. The van der Waals surface area contributed by atoms with Crippen LogP contribution in [0.2, 0.25) is 0 Å². The van der Waals surface area contributed by atoms with Gasteiger partial charge in [-0.05, 0) is 37.6 Å². The summed E-state index contributed by atoms with van der Waals surface area (Å²) in [4.78, 5) is 0. The van der Waals surface area contributed by atoms with Crippen molar-refractivity contribution in [3.05, 3.63) is 0 Å². The zero-order valence-corrected chi connectivity index (χ0v) is 11.8. The Kier molecular flexibility index (Phi) is 5.82. The molecule has 0 spiro atoms. The molecule has 0 bridgehead atoms. The molecule has 0 heterocycles. The molecule has 0 aromatic carbocycles. The largest absolute Gasteiger partial charge is 0.316 e. The summed E-state index contributed by atoms with van der Waals surface area (Å²) in [6.45, 7) is 7.18. The Bertz CT molecular complexity index is 178. The van der Waals surface area contributed by atoms with Gasteiger partial charge < -0.3 is 5.32 Å². The summed E-state index contributed by atoms with van der Waals surface area (Å²) in [5, 5.41) is 3.61. The highest BCUT2D eigenvalue weighted by molar-refractivity contribution is 4.90. The van der Waals surface area contributed by atoms with Crippen molar-refractivity contribution in [2.75, 3.05) is 7.05 Å². The Hall–Kier alpha value is -0.0400. The van der Waals surface area contributed by atoms with Crippen LogP contribution in [-0.2, 0) is 0 Å². The van der Waals surface area contributed by atoms with Gasteiger partial charge in [-0.1, -0.05) is 52.9 Å². The van der Waals surface area contributed by atoms with E-state index < -0.39 is 0 Å². The molecule has 0 saturated heterocycles. The van der Waals surface area contributed by atoms with Gasteiger partial charge in [-0.3, -0.25) is 0 Å². The summed E-state index contributed by atoms with van der Waals surface area (Å²) >= 11 is 0. The summed E-state index contributed by atoms with van der Waals surface area (Å²) < 4.78 is 0. The second kappa shape index (κ2) is 6.64. The monoisotopic (exact) mass is 225 g/mol. The third kappa shape index (κ3) is 3.48. The fourth-order valence-corrected chi connectivity index (χ4v) is 3.41. The van der Waals surface area contributed by atoms with Crippen molar-refractivity contribution in [3.8, 4) is 0 Å². The standard InChI is InChI=1S/C15H31N/c1-5-13(6-2)12-14(16-4)15(3)10-8-7-9-11-15/h13-14,16H,5-12H2,1-4H3. The number of rotatable bonds is 6. The molecular formula is C15H31N. The summed E-state index contributed by atoms with van der Waals surface area (Å²) in [5.41, 5.74) is 0.565. The minimum atomic E-state index is 0.565. The molecule has 0 aliphatic heterocycles. The smallest absolute Gasteiger partial charge is 0.0120 e. The average Bonchev–Trinajstić information content (AvgIpc) is 2.31. The highest BCUT2D eigenvalue weighted by Crippen LogP contribution is 2.41. The van der Waals surface area contributed by atoms with Crippen LogP contribution in [0.3, 0.4) is 0 Å². The Labute approximate surface area is 102 Å². The van der Waals surface area contributed by atoms with Gasteiger partial charge >= 0.3 is 0 Å². The summed E-state index contributed by atoms with van der Waals surface area (Å²) in [6, 6.07) is 0.734. The van der Waals surface area contributed by atoms with Crippen molar-refractivity contribution in [1.29, 1.82) is 0 Å². The second-order valence-electron chi connectivity index (χ2n) is 5.97. The van der Waals surface area contributed by atoms with Gasteiger partial charge in [0.2, 0.25) is 0 Å². The van der Waals surface area contributed by atoms with E-state index in [0.717, 1.165) is 12.0 Å². The number of hydrogen-bond donors (Lipinski definition) is 1. The van der Waals surface area contributed by atoms with Crippen LogP contribution in [-0.4, -0.2) is 13.1 Å². The maximum absolute atomic E-state index is 3.61. The highest BCUT2D eigenvalue weighted by atomic mass is 14.9. The maximum Gasteiger partial charge on any atom is 0.0120 e. The first-order valence-corrected chi connectivity index (χ1v) is 7.33. The Morgan fingerprint density at radius 3 is 2.06 bits per heavy atom. The van der Waals surface area contributed by atoms with Crippen LogP contribution in [0.15, 0.2) is 0 Å². The van der Waals surface area contributed by atoms with Gasteiger partial charge in [0.15, 0.2) is 0 Å². The first kappa shape index (κ1) is 14.0. The van der Waals surface area contributed by atoms with Crippen LogP contribution in [0.25, 0.3) is 0 Å². The van der Waals surface area contributed by atoms with E-state index in [0.29, 0.717) is 5.41 Å². The Balaban J connectivity index is 2.57. The summed E-state index contributed by atoms with van der Waals surface area (Å²) in [7, 11) is 2.16. The normalized spacial score (nSPS) is 22.3. The van der Waals surface area contributed by atoms with E-state index in [1.165, 1.54) is 51.4 Å². The molecule has 1 aliphatic carbocycles. The molecule has 1 rings (SSSR count). The topological polar surface area (TPSA) is 12.0 Å². The van der Waals surface area contributed by atoms with Crippen molar-refractivity contribution in [3.63, 3.8) is 0 Å². The van der Waals surface area contributed by atoms with E-state index in [-0.39, 0.29) is 0 Å². The third-order valence-corrected chi connectivity index (χ3v) is 4.91. The van der Waals surface area contributed by atoms with Crippen LogP contribution in [0, 0.1) is 11.3 Å². The van der Waals surface area contributed by atoms with E-state index in [2.05, 4.69) is 33.1 Å². The van der Waals surface area contributed by atoms with Crippen molar-refractivity contribution in [1.82, 2.24) is 5.32 Å². The first-order valence-electron chi connectivity index (χ1n) is 7.33. The lowest BCUT2D eigenvalue weighted by Gasteiger charge is -2.42. The SMILES string of the molecule is CCC(CC)CC(NC)C1(C)CCCCC1. The Morgan fingerprint density at radius 2 is 1.62 bits per heavy atom. The van der Waals surface area contributed by atoms with Crippen LogP contribution >= 0.6 is 0 Å². The molecule has 1 fully saturated rings. The molecule has 1 unspecified atom stereocenters. The average molecular weight is 225 g/mol. The lowest BCUT2D eigenvalue weighted by atomic mass is 9.68. The van der Waals surface area contributed by atoms with Crippen LogP contribution in [0.4, 0.5) is 0 Å². The van der Waals surface area contributed by atoms with Crippen LogP contribution < -0.4 is 5.32 Å². The molecule has 16 heavy (non-hydrogen) atoms. The van der Waals surface area contributed by atoms with Gasteiger partial charge in [0.05, 0.1) is 0 Å². The minimum Gasteiger partial charge on any atom is -0.316 e. The fourth-order valence-electron chi connectivity index (χ4n) is 3.41. The molecule has 1 N–H and O–H groups in total. The minimum absolute atomic E-state index is 0.565. The van der Waals surface area contributed by atoms with E-state index >= 15 is 0 Å². The van der Waals surface area contributed by atoms with E-state index in [1.54, 1.807) is 0 Å². The molecule has 96 valence electrons. The van der Waals surface area contributed by atoms with E-state index in [9.17, 15) is 0 Å². The second-order valence-corrected chi connectivity index (χ2v) is 5.97. The van der Waals surface area contributed by atoms with Gasteiger partial charge in [0.1, 0.15) is 0 Å². The van der Waals surface area contributed by atoms with Gasteiger partial charge in [-0.2, -0.15) is 0 Å². The predicted octanol–water partition coefficient (Wildman–Crippen LogP) is 4.37. The highest BCUT2D eigenvalue weighted by Gasteiger charge is 2.35. The third-order valence-electron chi connectivity index (χ3n) is 4.91. The summed E-state index contributed by atoms with van der Waals surface area (Å²) in [6.07, 6.45) is 11.2. The molecule has 0 aromatic heterocycles. The molecule has 1 aliphatic rings. The Morgan fingerprint density at radius 1 is 1.06 bits per heavy atom. The molecule has 1 heteroatoms. The van der Waals surface area contributed by atoms with Crippen LogP contribution in [0.1, 0.15) is 72.1 Å². The molecule has 1 nitrogen and oxygen atoms in total. The molecule has 0 aromatic rings. The van der Waals surface area contributed by atoms with Crippen molar-refractivity contribution in [2.45, 2.75) is 78.2 Å². The van der Waals surface area contributed by atoms with E-state index in [1.807, 2.05) is 0 Å². The predicted molar refractivity (Wildman–Crippen MR) is 72.7 cm³/mol. The lowest BCUT2D eigenvalue weighted by Crippen LogP contribution is -2.44. The fraction of sp³-hybridized carbons (Fsp3) is 1.00. The number of hydrogen-bond acceptors (Lipinski definition) is 1. The van der Waals surface area contributed by atoms with Gasteiger partial charge in [0.25, 0.3) is 0 Å². The molecule has 1 saturated carbocycles. The summed E-state index contributed by atoms with van der Waals surface area (Å²) in [5.74, 6) is 0.913. The maximum atomic E-state index is 3.61. The van der Waals surface area contributed by atoms with Gasteiger partial charge in [-0.25, -0.2) is 0 Å². The molecule has 1 atom stereocenters. The lowest BCUT2D eigenvalue weighted by molar-refractivity contribution is 0.128. The quantitative estimate of drug-likeness (QED) is 0.708. The van der Waals surface area contributed by atoms with Gasteiger partial charge in [0, 0.05) is 6.04 Å². The molecule has 0 radical (unpaired) electrons. The van der Waals surface area contributed by atoms with Crippen LogP contribution in [0.5, 0.6) is 0 Å². The van der Waals surface area contributed by atoms with E-state index in [4.69, 9.17) is 0 Å². The van der Waals surface area contributed by atoms with Crippen molar-refractivity contribution in [2.24, 2.45) is 11.3 Å². The van der Waals surface area contributed by atoms with Crippen molar-refractivity contribution < 1.29 is 0 Å². The van der Waals surface area contributed by atoms with Gasteiger partial charge in [-0.15, -0.1) is 0 Å². The first-order chi connectivity index (χ1) is 7.66.